The molecule has 0 saturated carbocycles. The van der Waals surface area contributed by atoms with Crippen LogP contribution in [-0.2, 0) is 14.9 Å². The van der Waals surface area contributed by atoms with Crippen molar-refractivity contribution < 1.29 is 17.8 Å². The quantitative estimate of drug-likeness (QED) is 0.422. The Morgan fingerprint density at radius 1 is 1.60 bits per heavy atom. The molecule has 1 N–H and O–H groups in total. The highest BCUT2D eigenvalue weighted by Crippen LogP contribution is 2.02. The van der Waals surface area contributed by atoms with E-state index in [1.165, 1.54) is 0 Å². The minimum Gasteiger partial charge on any atom is -0.280 e. The second-order valence-electron chi connectivity index (χ2n) is 1.49. The molecule has 0 aromatic rings. The van der Waals surface area contributed by atoms with E-state index in [0.717, 1.165) is 0 Å². The number of hydrogen-bond donors (Lipinski definition) is 3. The first-order valence-electron chi connectivity index (χ1n) is 2.20. The molecule has 0 aromatic heterocycles. The van der Waals surface area contributed by atoms with Gasteiger partial charge >= 0.3 is 10.1 Å². The maximum atomic E-state index is 10.4. The van der Waals surface area contributed by atoms with E-state index in [2.05, 4.69) is 25.3 Å². The maximum Gasteiger partial charge on any atom is 0.329 e. The SMILES string of the molecule is O=C(C(S)CS)S(=O)(=O)O. The van der Waals surface area contributed by atoms with Gasteiger partial charge in [0.05, 0.1) is 5.25 Å². The smallest absolute Gasteiger partial charge is 0.280 e. The molecule has 4 nitrogen and oxygen atoms in total. The van der Waals surface area contributed by atoms with Crippen molar-refractivity contribution in [3.63, 3.8) is 0 Å². The average molecular weight is 202 g/mol. The fourth-order valence-electron chi connectivity index (χ4n) is 0.246. The van der Waals surface area contributed by atoms with E-state index < -0.39 is 20.5 Å². The van der Waals surface area contributed by atoms with Crippen LogP contribution in [0.25, 0.3) is 0 Å². The molecule has 0 amide bonds. The summed E-state index contributed by atoms with van der Waals surface area (Å²) in [5.41, 5.74) is 0. The highest BCUT2D eigenvalue weighted by Gasteiger charge is 2.24. The van der Waals surface area contributed by atoms with Gasteiger partial charge in [0.15, 0.2) is 0 Å². The molecular weight excluding hydrogens is 196 g/mol. The monoisotopic (exact) mass is 202 g/mol. The second kappa shape index (κ2) is 3.61. The van der Waals surface area contributed by atoms with Gasteiger partial charge in [0, 0.05) is 5.75 Å². The molecule has 0 fully saturated rings. The van der Waals surface area contributed by atoms with Crippen molar-refractivity contribution in [3.05, 3.63) is 0 Å². The fourth-order valence-corrected chi connectivity index (χ4v) is 1.36. The van der Waals surface area contributed by atoms with Crippen LogP contribution in [0.4, 0.5) is 0 Å². The van der Waals surface area contributed by atoms with Crippen molar-refractivity contribution >= 4 is 40.5 Å². The summed E-state index contributed by atoms with van der Waals surface area (Å²) >= 11 is 7.17. The third-order valence-electron chi connectivity index (χ3n) is 0.699. The van der Waals surface area contributed by atoms with Crippen molar-refractivity contribution in [3.8, 4) is 0 Å². The van der Waals surface area contributed by atoms with Crippen LogP contribution in [-0.4, -0.2) is 29.1 Å². The first kappa shape index (κ1) is 10.3. The number of carbonyl (C=O) groups is 1. The van der Waals surface area contributed by atoms with Crippen LogP contribution in [0.2, 0.25) is 0 Å². The summed E-state index contributed by atoms with van der Waals surface area (Å²) in [6.45, 7) is 0. The molecule has 0 saturated heterocycles. The Morgan fingerprint density at radius 3 is 2.10 bits per heavy atom. The van der Waals surface area contributed by atoms with Crippen molar-refractivity contribution in [1.82, 2.24) is 0 Å². The first-order chi connectivity index (χ1) is 4.39. The van der Waals surface area contributed by atoms with Crippen LogP contribution in [0.5, 0.6) is 0 Å². The molecule has 60 valence electrons. The van der Waals surface area contributed by atoms with Crippen molar-refractivity contribution in [2.75, 3.05) is 5.75 Å². The van der Waals surface area contributed by atoms with E-state index in [1.807, 2.05) is 0 Å². The van der Waals surface area contributed by atoms with Gasteiger partial charge in [0.1, 0.15) is 0 Å². The van der Waals surface area contributed by atoms with Crippen molar-refractivity contribution in [1.29, 1.82) is 0 Å². The fraction of sp³-hybridized carbons (Fsp3) is 0.667. The summed E-state index contributed by atoms with van der Waals surface area (Å²) in [5.74, 6) is -0.0261. The van der Waals surface area contributed by atoms with Crippen molar-refractivity contribution in [2.45, 2.75) is 5.25 Å². The summed E-state index contributed by atoms with van der Waals surface area (Å²) in [7, 11) is -4.58. The molecule has 0 aliphatic rings. The Balaban J connectivity index is 4.40. The predicted molar refractivity (Wildman–Crippen MR) is 43.2 cm³/mol. The van der Waals surface area contributed by atoms with Gasteiger partial charge in [0.25, 0.3) is 5.12 Å². The average Bonchev–Trinajstić information content (AvgIpc) is 1.83. The maximum absolute atomic E-state index is 10.4. The Labute approximate surface area is 69.6 Å². The number of carbonyl (C=O) groups excluding carboxylic acids is 1. The minimum atomic E-state index is -4.58. The molecule has 0 aliphatic heterocycles. The second-order valence-corrected chi connectivity index (χ2v) is 3.83. The van der Waals surface area contributed by atoms with Crippen LogP contribution < -0.4 is 0 Å². The van der Waals surface area contributed by atoms with Crippen LogP contribution in [0.1, 0.15) is 0 Å². The van der Waals surface area contributed by atoms with Gasteiger partial charge in [-0.15, -0.1) is 0 Å². The largest absolute Gasteiger partial charge is 0.329 e. The molecule has 1 atom stereocenters. The molecule has 0 aromatic carbocycles. The van der Waals surface area contributed by atoms with Gasteiger partial charge in [0.2, 0.25) is 0 Å². The van der Waals surface area contributed by atoms with Crippen molar-refractivity contribution in [2.24, 2.45) is 0 Å². The molecule has 1 unspecified atom stereocenters. The lowest BCUT2D eigenvalue weighted by atomic mass is 10.5. The molecule has 0 spiro atoms. The van der Waals surface area contributed by atoms with Gasteiger partial charge in [-0.2, -0.15) is 33.7 Å². The Bertz CT molecular complexity index is 218. The zero-order valence-corrected chi connectivity index (χ0v) is 7.36. The summed E-state index contributed by atoms with van der Waals surface area (Å²) in [6, 6.07) is 0. The summed E-state index contributed by atoms with van der Waals surface area (Å²) in [4.78, 5) is 10.4. The standard InChI is InChI=1S/C3H6O4S3/c4-3(2(9)1-8)10(5,6)7/h2,8-9H,1H2,(H,5,6,7). The van der Waals surface area contributed by atoms with Gasteiger partial charge < -0.3 is 0 Å². The number of thiol groups is 2. The molecule has 7 heteroatoms. The topological polar surface area (TPSA) is 71.4 Å². The third kappa shape index (κ3) is 2.91. The Hall–Kier alpha value is 0.280. The van der Waals surface area contributed by atoms with E-state index >= 15 is 0 Å². The predicted octanol–water partition coefficient (Wildman–Crippen LogP) is -0.371. The van der Waals surface area contributed by atoms with Crippen LogP contribution in [0.15, 0.2) is 0 Å². The molecule has 0 aliphatic carbocycles. The van der Waals surface area contributed by atoms with Gasteiger partial charge in [-0.05, 0) is 0 Å². The van der Waals surface area contributed by atoms with E-state index in [-0.39, 0.29) is 5.75 Å². The summed E-state index contributed by atoms with van der Waals surface area (Å²) in [5, 5.41) is -2.37. The zero-order valence-electron chi connectivity index (χ0n) is 4.76. The molecule has 0 radical (unpaired) electrons. The lowest BCUT2D eigenvalue weighted by Gasteiger charge is -2.00. The zero-order chi connectivity index (χ0) is 8.36. The van der Waals surface area contributed by atoms with E-state index in [4.69, 9.17) is 4.55 Å². The van der Waals surface area contributed by atoms with Crippen LogP contribution >= 0.6 is 25.3 Å². The number of rotatable bonds is 2. The van der Waals surface area contributed by atoms with Gasteiger partial charge in [-0.3, -0.25) is 9.35 Å². The van der Waals surface area contributed by atoms with Crippen LogP contribution in [0.3, 0.4) is 0 Å². The molecule has 10 heavy (non-hydrogen) atoms. The molecule has 0 bridgehead atoms. The van der Waals surface area contributed by atoms with Crippen LogP contribution in [0, 0.1) is 0 Å². The minimum absolute atomic E-state index is 0.0261. The molecule has 0 rings (SSSR count). The third-order valence-corrected chi connectivity index (χ3v) is 2.74. The normalized spacial score (nSPS) is 14.7. The van der Waals surface area contributed by atoms with E-state index in [0.29, 0.717) is 0 Å². The highest BCUT2D eigenvalue weighted by molar-refractivity contribution is 8.03. The lowest BCUT2D eigenvalue weighted by molar-refractivity contribution is -0.111. The summed E-state index contributed by atoms with van der Waals surface area (Å²) in [6.07, 6.45) is 0. The molecular formula is C3H6O4S3. The Kier molecular flexibility index (Phi) is 3.71. The Morgan fingerprint density at radius 2 is 2.00 bits per heavy atom. The lowest BCUT2D eigenvalue weighted by Crippen LogP contribution is -2.25. The van der Waals surface area contributed by atoms with E-state index in [9.17, 15) is 13.2 Å². The number of hydrogen-bond acceptors (Lipinski definition) is 5. The first-order valence-corrected chi connectivity index (χ1v) is 4.78. The molecule has 0 heterocycles. The van der Waals surface area contributed by atoms with Gasteiger partial charge in [-0.25, -0.2) is 0 Å². The summed E-state index contributed by atoms with van der Waals surface area (Å²) < 4.78 is 28.2. The highest BCUT2D eigenvalue weighted by atomic mass is 32.2. The van der Waals surface area contributed by atoms with Gasteiger partial charge in [-0.1, -0.05) is 0 Å². The van der Waals surface area contributed by atoms with E-state index in [1.54, 1.807) is 0 Å².